The van der Waals surface area contributed by atoms with Gasteiger partial charge in [-0.2, -0.15) is 10.2 Å². The second kappa shape index (κ2) is 10.0. The summed E-state index contributed by atoms with van der Waals surface area (Å²) in [7, 11) is -3.74. The molecule has 1 atom stereocenters. The standard InChI is InChI=1S/C22H26N6O4S/c1-2-20-19-7-6-17(11-21(19)27-26-20)32-9-8-23-14-22(29)15-4-3-5-16(10-15)28-33(30,31)18-12-24-25-13-18/h3-7,10-13,22-23,28-29H,2,8-9,14H2,1H3,(H,24,25)(H,26,27). The number of sulfonamides is 1. The number of benzene rings is 2. The maximum Gasteiger partial charge on any atom is 0.265 e. The van der Waals surface area contributed by atoms with Crippen molar-refractivity contribution in [2.24, 2.45) is 0 Å². The molecule has 2 aromatic carbocycles. The molecule has 0 aliphatic rings. The van der Waals surface area contributed by atoms with Crippen molar-refractivity contribution in [1.82, 2.24) is 25.7 Å². The number of ether oxygens (including phenoxy) is 1. The fourth-order valence-corrected chi connectivity index (χ4v) is 4.38. The van der Waals surface area contributed by atoms with Crippen LogP contribution in [0.3, 0.4) is 0 Å². The molecule has 0 aliphatic heterocycles. The van der Waals surface area contributed by atoms with Gasteiger partial charge in [-0.25, -0.2) is 8.42 Å². The fraction of sp³-hybridized carbons (Fsp3) is 0.273. The third kappa shape index (κ3) is 5.51. The Balaban J connectivity index is 1.25. The zero-order valence-electron chi connectivity index (χ0n) is 18.1. The Bertz CT molecular complexity index is 1300. The van der Waals surface area contributed by atoms with Gasteiger partial charge in [-0.15, -0.1) is 0 Å². The normalized spacial score (nSPS) is 12.7. The zero-order valence-corrected chi connectivity index (χ0v) is 18.9. The van der Waals surface area contributed by atoms with Crippen molar-refractivity contribution in [2.75, 3.05) is 24.4 Å². The van der Waals surface area contributed by atoms with Gasteiger partial charge in [0.2, 0.25) is 0 Å². The molecule has 0 fully saturated rings. The predicted octanol–water partition coefficient (Wildman–Crippen LogP) is 2.35. The molecule has 33 heavy (non-hydrogen) atoms. The second-order valence-corrected chi connectivity index (χ2v) is 9.15. The Morgan fingerprint density at radius 1 is 1.21 bits per heavy atom. The summed E-state index contributed by atoms with van der Waals surface area (Å²) in [4.78, 5) is 0.0348. The molecule has 1 unspecified atom stereocenters. The summed E-state index contributed by atoms with van der Waals surface area (Å²) >= 11 is 0. The SMILES string of the molecule is CCc1n[nH]c2cc(OCCNCC(O)c3cccc(NS(=O)(=O)c4cn[nH]c4)c3)ccc12. The number of aryl methyl sites for hydroxylation is 1. The van der Waals surface area contributed by atoms with Crippen molar-refractivity contribution in [1.29, 1.82) is 0 Å². The lowest BCUT2D eigenvalue weighted by Gasteiger charge is -2.14. The van der Waals surface area contributed by atoms with Gasteiger partial charge in [-0.3, -0.25) is 14.9 Å². The van der Waals surface area contributed by atoms with Crippen LogP contribution in [0.15, 0.2) is 59.8 Å². The number of aromatic nitrogens is 4. The number of aromatic amines is 2. The number of nitrogens with zero attached hydrogens (tertiary/aromatic N) is 2. The Labute approximate surface area is 191 Å². The maximum absolute atomic E-state index is 12.3. The largest absolute Gasteiger partial charge is 0.492 e. The minimum atomic E-state index is -3.74. The smallest absolute Gasteiger partial charge is 0.265 e. The van der Waals surface area contributed by atoms with Crippen LogP contribution in [0, 0.1) is 0 Å². The van der Waals surface area contributed by atoms with E-state index in [1.165, 1.54) is 12.4 Å². The Morgan fingerprint density at radius 2 is 2.09 bits per heavy atom. The molecule has 2 heterocycles. The van der Waals surface area contributed by atoms with Crippen LogP contribution in [0.2, 0.25) is 0 Å². The average Bonchev–Trinajstić information content (AvgIpc) is 3.49. The highest BCUT2D eigenvalue weighted by atomic mass is 32.2. The summed E-state index contributed by atoms with van der Waals surface area (Å²) in [5, 5.41) is 28.2. The van der Waals surface area contributed by atoms with Crippen LogP contribution in [0.25, 0.3) is 10.9 Å². The van der Waals surface area contributed by atoms with Crippen molar-refractivity contribution in [3.05, 3.63) is 66.1 Å². The van der Waals surface area contributed by atoms with Gasteiger partial charge in [0.25, 0.3) is 10.0 Å². The van der Waals surface area contributed by atoms with Crippen molar-refractivity contribution < 1.29 is 18.3 Å². The van der Waals surface area contributed by atoms with Crippen LogP contribution < -0.4 is 14.8 Å². The summed E-state index contributed by atoms with van der Waals surface area (Å²) in [5.74, 6) is 0.744. The predicted molar refractivity (Wildman–Crippen MR) is 125 cm³/mol. The highest BCUT2D eigenvalue weighted by Gasteiger charge is 2.16. The number of aliphatic hydroxyl groups is 1. The highest BCUT2D eigenvalue weighted by molar-refractivity contribution is 7.92. The minimum Gasteiger partial charge on any atom is -0.492 e. The number of aliphatic hydroxyl groups excluding tert-OH is 1. The first-order valence-corrected chi connectivity index (χ1v) is 12.0. The second-order valence-electron chi connectivity index (χ2n) is 7.46. The quantitative estimate of drug-likeness (QED) is 0.212. The van der Waals surface area contributed by atoms with Gasteiger partial charge >= 0.3 is 0 Å². The molecule has 11 heteroatoms. The number of anilines is 1. The highest BCUT2D eigenvalue weighted by Crippen LogP contribution is 2.22. The number of H-pyrrole nitrogens is 2. The van der Waals surface area contributed by atoms with E-state index in [2.05, 4.69) is 37.4 Å². The molecule has 2 aromatic heterocycles. The monoisotopic (exact) mass is 470 g/mol. The number of fused-ring (bicyclic) bond motifs is 1. The lowest BCUT2D eigenvalue weighted by Crippen LogP contribution is -2.26. The van der Waals surface area contributed by atoms with E-state index in [9.17, 15) is 13.5 Å². The van der Waals surface area contributed by atoms with Crippen LogP contribution in [-0.4, -0.2) is 53.6 Å². The third-order valence-corrected chi connectivity index (χ3v) is 6.49. The topological polar surface area (TPSA) is 145 Å². The molecule has 4 aromatic rings. The molecule has 174 valence electrons. The Kier molecular flexibility index (Phi) is 6.92. The van der Waals surface area contributed by atoms with Gasteiger partial charge in [0, 0.05) is 36.4 Å². The van der Waals surface area contributed by atoms with E-state index < -0.39 is 16.1 Å². The first kappa shape index (κ1) is 22.8. The van der Waals surface area contributed by atoms with Gasteiger partial charge in [-0.05, 0) is 36.2 Å². The summed E-state index contributed by atoms with van der Waals surface area (Å²) in [6.45, 7) is 3.32. The summed E-state index contributed by atoms with van der Waals surface area (Å²) in [6, 6.07) is 12.5. The van der Waals surface area contributed by atoms with E-state index in [1.54, 1.807) is 24.3 Å². The fourth-order valence-electron chi connectivity index (χ4n) is 3.42. The Morgan fingerprint density at radius 3 is 2.88 bits per heavy atom. The molecule has 0 saturated heterocycles. The number of nitrogens with one attached hydrogen (secondary N) is 4. The third-order valence-electron chi connectivity index (χ3n) is 5.14. The lowest BCUT2D eigenvalue weighted by molar-refractivity contribution is 0.172. The summed E-state index contributed by atoms with van der Waals surface area (Å²) < 4.78 is 32.9. The molecule has 0 aliphatic carbocycles. The molecule has 0 amide bonds. The van der Waals surface area contributed by atoms with E-state index in [0.717, 1.165) is 28.8 Å². The van der Waals surface area contributed by atoms with Crippen molar-refractivity contribution in [3.63, 3.8) is 0 Å². The molecule has 5 N–H and O–H groups in total. The van der Waals surface area contributed by atoms with Crippen molar-refractivity contribution in [3.8, 4) is 5.75 Å². The van der Waals surface area contributed by atoms with E-state index in [0.29, 0.717) is 30.9 Å². The van der Waals surface area contributed by atoms with E-state index in [1.807, 2.05) is 18.2 Å². The van der Waals surface area contributed by atoms with Gasteiger partial charge in [0.15, 0.2) is 0 Å². The number of hydrogen-bond donors (Lipinski definition) is 5. The van der Waals surface area contributed by atoms with Crippen LogP contribution in [0.5, 0.6) is 5.75 Å². The Hall–Kier alpha value is -3.41. The molecule has 10 nitrogen and oxygen atoms in total. The molecule has 0 radical (unpaired) electrons. The van der Waals surface area contributed by atoms with Gasteiger partial charge < -0.3 is 15.2 Å². The summed E-state index contributed by atoms with van der Waals surface area (Å²) in [5.41, 5.74) is 2.92. The minimum absolute atomic E-state index is 0.0348. The van der Waals surface area contributed by atoms with Crippen molar-refractivity contribution >= 4 is 26.6 Å². The average molecular weight is 471 g/mol. The van der Waals surface area contributed by atoms with Crippen LogP contribution in [-0.2, 0) is 16.4 Å². The molecular formula is C22H26N6O4S. The first-order valence-electron chi connectivity index (χ1n) is 10.6. The first-order chi connectivity index (χ1) is 16.0. The van der Waals surface area contributed by atoms with Crippen LogP contribution >= 0.6 is 0 Å². The van der Waals surface area contributed by atoms with E-state index >= 15 is 0 Å². The maximum atomic E-state index is 12.3. The van der Waals surface area contributed by atoms with E-state index in [4.69, 9.17) is 4.74 Å². The van der Waals surface area contributed by atoms with Gasteiger partial charge in [-0.1, -0.05) is 19.1 Å². The lowest BCUT2D eigenvalue weighted by atomic mass is 10.1. The van der Waals surface area contributed by atoms with Gasteiger partial charge in [0.05, 0.1) is 23.5 Å². The van der Waals surface area contributed by atoms with Crippen LogP contribution in [0.4, 0.5) is 5.69 Å². The molecule has 4 rings (SSSR count). The molecular weight excluding hydrogens is 444 g/mol. The zero-order chi connectivity index (χ0) is 23.3. The molecule has 0 saturated carbocycles. The molecule has 0 spiro atoms. The van der Waals surface area contributed by atoms with E-state index in [-0.39, 0.29) is 4.90 Å². The van der Waals surface area contributed by atoms with Crippen LogP contribution in [0.1, 0.15) is 24.3 Å². The van der Waals surface area contributed by atoms with Gasteiger partial charge in [0.1, 0.15) is 17.3 Å². The molecule has 0 bridgehead atoms. The number of hydrogen-bond acceptors (Lipinski definition) is 7. The summed E-state index contributed by atoms with van der Waals surface area (Å²) in [6.07, 6.45) is 2.58. The van der Waals surface area contributed by atoms with Crippen molar-refractivity contribution in [2.45, 2.75) is 24.3 Å². The number of rotatable bonds is 11.